The largest absolute Gasteiger partial charge is 0.341 e. The SMILES string of the molecule is CC(Br)CCCN(C)CCCN1c2ccccc2CCc2ccccc21. The molecule has 0 amide bonds. The molecular formula is C23H31BrN2. The third kappa shape index (κ3) is 5.11. The van der Waals surface area contributed by atoms with Crippen molar-refractivity contribution >= 4 is 27.3 Å². The van der Waals surface area contributed by atoms with Crippen LogP contribution in [0.3, 0.4) is 0 Å². The molecule has 0 saturated heterocycles. The summed E-state index contributed by atoms with van der Waals surface area (Å²) >= 11 is 3.64. The summed E-state index contributed by atoms with van der Waals surface area (Å²) in [7, 11) is 2.25. The van der Waals surface area contributed by atoms with Crippen molar-refractivity contribution in [3.63, 3.8) is 0 Å². The summed E-state index contributed by atoms with van der Waals surface area (Å²) in [5.74, 6) is 0. The molecule has 0 N–H and O–H groups in total. The number of hydrogen-bond acceptors (Lipinski definition) is 2. The van der Waals surface area contributed by atoms with Gasteiger partial charge in [0, 0.05) is 22.7 Å². The van der Waals surface area contributed by atoms with Crippen LogP contribution in [0.1, 0.15) is 37.3 Å². The molecule has 1 aliphatic heterocycles. The van der Waals surface area contributed by atoms with E-state index in [1.165, 1.54) is 48.3 Å². The zero-order valence-electron chi connectivity index (χ0n) is 16.1. The lowest BCUT2D eigenvalue weighted by Gasteiger charge is -2.28. The van der Waals surface area contributed by atoms with E-state index in [4.69, 9.17) is 0 Å². The Labute approximate surface area is 167 Å². The van der Waals surface area contributed by atoms with Crippen molar-refractivity contribution in [3.05, 3.63) is 59.7 Å². The summed E-state index contributed by atoms with van der Waals surface area (Å²) in [4.78, 5) is 5.65. The second-order valence-corrected chi connectivity index (χ2v) is 9.05. The molecule has 0 radical (unpaired) electrons. The van der Waals surface area contributed by atoms with Crippen molar-refractivity contribution in [1.29, 1.82) is 0 Å². The molecule has 2 nitrogen and oxygen atoms in total. The quantitative estimate of drug-likeness (QED) is 0.502. The number of fused-ring (bicyclic) bond motifs is 2. The highest BCUT2D eigenvalue weighted by molar-refractivity contribution is 9.09. The molecule has 3 rings (SSSR count). The van der Waals surface area contributed by atoms with Gasteiger partial charge >= 0.3 is 0 Å². The molecule has 140 valence electrons. The van der Waals surface area contributed by atoms with Crippen LogP contribution in [-0.4, -0.2) is 36.4 Å². The van der Waals surface area contributed by atoms with Gasteiger partial charge in [0.15, 0.2) is 0 Å². The fourth-order valence-corrected chi connectivity index (χ4v) is 4.19. The molecular weight excluding hydrogens is 384 g/mol. The smallest absolute Gasteiger partial charge is 0.0443 e. The Hall–Kier alpha value is -1.32. The minimum atomic E-state index is 0.626. The molecule has 1 heterocycles. The lowest BCUT2D eigenvalue weighted by molar-refractivity contribution is 0.323. The zero-order chi connectivity index (χ0) is 18.4. The maximum absolute atomic E-state index is 3.64. The predicted octanol–water partition coefficient (Wildman–Crippen LogP) is 5.81. The Balaban J connectivity index is 1.65. The molecule has 0 aliphatic carbocycles. The van der Waals surface area contributed by atoms with Crippen molar-refractivity contribution in [2.75, 3.05) is 31.6 Å². The van der Waals surface area contributed by atoms with Gasteiger partial charge in [0.05, 0.1) is 0 Å². The number of benzene rings is 2. The molecule has 0 aromatic heterocycles. The molecule has 0 fully saturated rings. The zero-order valence-corrected chi connectivity index (χ0v) is 17.7. The van der Waals surface area contributed by atoms with Crippen LogP contribution in [0.15, 0.2) is 48.5 Å². The number of hydrogen-bond donors (Lipinski definition) is 0. The highest BCUT2D eigenvalue weighted by Gasteiger charge is 2.19. The summed E-state index contributed by atoms with van der Waals surface area (Å²) < 4.78 is 0. The normalized spacial score (nSPS) is 14.7. The van der Waals surface area contributed by atoms with E-state index in [1.807, 2.05) is 0 Å². The summed E-state index contributed by atoms with van der Waals surface area (Å²) in [6.07, 6.45) is 5.96. The van der Waals surface area contributed by atoms with E-state index in [2.05, 4.69) is 88.2 Å². The molecule has 26 heavy (non-hydrogen) atoms. The number of nitrogens with zero attached hydrogens (tertiary/aromatic N) is 2. The number of alkyl halides is 1. The van der Waals surface area contributed by atoms with Crippen LogP contribution in [0, 0.1) is 0 Å². The van der Waals surface area contributed by atoms with E-state index in [9.17, 15) is 0 Å². The van der Waals surface area contributed by atoms with Crippen molar-refractivity contribution in [1.82, 2.24) is 4.90 Å². The monoisotopic (exact) mass is 414 g/mol. The number of rotatable bonds is 8. The second kappa shape index (κ2) is 9.57. The van der Waals surface area contributed by atoms with Gasteiger partial charge in [-0.25, -0.2) is 0 Å². The van der Waals surface area contributed by atoms with E-state index in [0.29, 0.717) is 4.83 Å². The molecule has 0 spiro atoms. The van der Waals surface area contributed by atoms with Gasteiger partial charge in [0.2, 0.25) is 0 Å². The second-order valence-electron chi connectivity index (χ2n) is 7.49. The van der Waals surface area contributed by atoms with E-state index >= 15 is 0 Å². The lowest BCUT2D eigenvalue weighted by Crippen LogP contribution is -2.26. The minimum Gasteiger partial charge on any atom is -0.341 e. The number of halogens is 1. The van der Waals surface area contributed by atoms with Crippen LogP contribution in [0.4, 0.5) is 11.4 Å². The molecule has 3 heteroatoms. The van der Waals surface area contributed by atoms with Crippen LogP contribution >= 0.6 is 15.9 Å². The Morgan fingerprint density at radius 2 is 1.46 bits per heavy atom. The summed E-state index contributed by atoms with van der Waals surface area (Å²) in [6, 6.07) is 17.9. The third-order valence-electron chi connectivity index (χ3n) is 5.29. The van der Waals surface area contributed by atoms with Crippen LogP contribution in [0.2, 0.25) is 0 Å². The molecule has 0 bridgehead atoms. The molecule has 1 atom stereocenters. The van der Waals surface area contributed by atoms with Gasteiger partial charge < -0.3 is 9.80 Å². The summed E-state index contributed by atoms with van der Waals surface area (Å²) in [6.45, 7) is 5.64. The van der Waals surface area contributed by atoms with Crippen LogP contribution in [0.25, 0.3) is 0 Å². The Morgan fingerprint density at radius 1 is 0.923 bits per heavy atom. The first-order valence-electron chi connectivity index (χ1n) is 9.91. The van der Waals surface area contributed by atoms with E-state index in [0.717, 1.165) is 25.9 Å². The van der Waals surface area contributed by atoms with E-state index in [-0.39, 0.29) is 0 Å². The third-order valence-corrected chi connectivity index (χ3v) is 5.75. The summed E-state index contributed by atoms with van der Waals surface area (Å²) in [5.41, 5.74) is 5.74. The first kappa shape index (κ1) is 19.4. The van der Waals surface area contributed by atoms with Crippen molar-refractivity contribution < 1.29 is 0 Å². The molecule has 0 saturated carbocycles. The molecule has 2 aromatic carbocycles. The topological polar surface area (TPSA) is 6.48 Å². The van der Waals surface area contributed by atoms with Crippen molar-refractivity contribution in [3.8, 4) is 0 Å². The van der Waals surface area contributed by atoms with Crippen LogP contribution in [-0.2, 0) is 12.8 Å². The maximum Gasteiger partial charge on any atom is 0.0443 e. The predicted molar refractivity (Wildman–Crippen MR) is 117 cm³/mol. The van der Waals surface area contributed by atoms with E-state index in [1.54, 1.807) is 0 Å². The van der Waals surface area contributed by atoms with Gasteiger partial charge in [-0.1, -0.05) is 59.3 Å². The van der Waals surface area contributed by atoms with Crippen LogP contribution in [0.5, 0.6) is 0 Å². The van der Waals surface area contributed by atoms with E-state index < -0.39 is 0 Å². The number of anilines is 2. The fourth-order valence-electron chi connectivity index (χ4n) is 3.86. The lowest BCUT2D eigenvalue weighted by atomic mass is 10.0. The number of aryl methyl sites for hydroxylation is 2. The summed E-state index contributed by atoms with van der Waals surface area (Å²) in [5, 5.41) is 0. The highest BCUT2D eigenvalue weighted by Crippen LogP contribution is 2.35. The Morgan fingerprint density at radius 3 is 2.04 bits per heavy atom. The van der Waals surface area contributed by atoms with Gasteiger partial charge in [0.25, 0.3) is 0 Å². The van der Waals surface area contributed by atoms with Crippen molar-refractivity contribution in [2.24, 2.45) is 0 Å². The van der Waals surface area contributed by atoms with Gasteiger partial charge in [-0.2, -0.15) is 0 Å². The number of para-hydroxylation sites is 2. The van der Waals surface area contributed by atoms with Gasteiger partial charge in [-0.3, -0.25) is 0 Å². The molecule has 1 aliphatic rings. The highest BCUT2D eigenvalue weighted by atomic mass is 79.9. The van der Waals surface area contributed by atoms with Gasteiger partial charge in [0.1, 0.15) is 0 Å². The average molecular weight is 415 g/mol. The van der Waals surface area contributed by atoms with Crippen LogP contribution < -0.4 is 4.90 Å². The molecule has 2 aromatic rings. The van der Waals surface area contributed by atoms with Crippen molar-refractivity contribution in [2.45, 2.75) is 43.9 Å². The average Bonchev–Trinajstić information content (AvgIpc) is 2.79. The molecule has 1 unspecified atom stereocenters. The first-order valence-corrected chi connectivity index (χ1v) is 10.8. The van der Waals surface area contributed by atoms with Gasteiger partial charge in [-0.05, 0) is 75.5 Å². The fraction of sp³-hybridized carbons (Fsp3) is 0.478. The van der Waals surface area contributed by atoms with Gasteiger partial charge in [-0.15, -0.1) is 0 Å². The Bertz CT molecular complexity index is 651. The standard InChI is InChI=1S/C23H31BrN2/c1-19(24)9-7-16-25(2)17-8-18-26-22-12-5-3-10-20(22)14-15-21-11-4-6-13-23(21)26/h3-6,10-13,19H,7-9,14-18H2,1-2H3. The minimum absolute atomic E-state index is 0.626. The first-order chi connectivity index (χ1) is 12.6. The Kier molecular flexibility index (Phi) is 7.15. The maximum atomic E-state index is 3.64.